The van der Waals surface area contributed by atoms with E-state index in [0.29, 0.717) is 22.8 Å². The van der Waals surface area contributed by atoms with Crippen LogP contribution < -0.4 is 11.1 Å². The zero-order chi connectivity index (χ0) is 37.8. The molecule has 0 radical (unpaired) electrons. The fraction of sp³-hybridized carbons (Fsp3) is 0.583. The third-order valence-electron chi connectivity index (χ3n) is 10.2. The Morgan fingerprint density at radius 3 is 2.27 bits per heavy atom. The number of nitrogens with zero attached hydrogens (tertiary/aromatic N) is 6. The van der Waals surface area contributed by atoms with Crippen molar-refractivity contribution in [2.24, 2.45) is 16.6 Å². The van der Waals surface area contributed by atoms with Crippen molar-refractivity contribution in [1.29, 1.82) is 0 Å². The van der Waals surface area contributed by atoms with Crippen LogP contribution in [0.2, 0.25) is 0 Å². The summed E-state index contributed by atoms with van der Waals surface area (Å²) in [6.07, 6.45) is 6.85. The molecule has 52 heavy (non-hydrogen) atoms. The molecule has 4 N–H and O–H groups in total. The van der Waals surface area contributed by atoms with Crippen molar-refractivity contribution in [3.05, 3.63) is 47.3 Å². The van der Waals surface area contributed by atoms with Crippen molar-refractivity contribution in [1.82, 2.24) is 30.1 Å². The average molecular weight is 737 g/mol. The molecule has 5 amide bonds. The zero-order valence-electron chi connectivity index (χ0n) is 30.2. The number of hydrogen-bond acceptors (Lipinski definition) is 10. The van der Waals surface area contributed by atoms with Crippen LogP contribution in [-0.2, 0) is 24.8 Å². The Kier molecular flexibility index (Phi) is 12.0. The molecular formula is C36H48N8O7S. The maximum Gasteiger partial charge on any atom is 0.287 e. The van der Waals surface area contributed by atoms with Crippen LogP contribution in [0.25, 0.3) is 0 Å². The van der Waals surface area contributed by atoms with Gasteiger partial charge in [-0.05, 0) is 74.8 Å². The molecule has 2 saturated heterocycles. The van der Waals surface area contributed by atoms with Gasteiger partial charge in [-0.1, -0.05) is 37.3 Å². The predicted octanol–water partition coefficient (Wildman–Crippen LogP) is 2.04. The van der Waals surface area contributed by atoms with E-state index in [2.05, 4.69) is 20.6 Å². The molecule has 15 nitrogen and oxygen atoms in total. The standard InChI is InChI=1S/C36H48N8O7S/c1-35(2,51)28-20-38-41-44(28)25-19-27(32(48)40-36(29(45)30(37)46)14-16-52-17-15-36)43(21-25)34(50)26(18-22-8-6-5-7-9-22)39-31(47)23-10-12-24(13-11-23)33(49)42(3)4/h10-13,20,22,25,27,51H,5-9,14-19,21H2,1-4H3,(H2,37,46)(H,40,48)/b39-26+/t25-,27-/m0/s1. The molecule has 1 aliphatic carbocycles. The summed E-state index contributed by atoms with van der Waals surface area (Å²) in [5.41, 5.74) is 3.54. The normalized spacial score (nSPS) is 21.0. The van der Waals surface area contributed by atoms with Crippen molar-refractivity contribution in [2.45, 2.75) is 94.9 Å². The van der Waals surface area contributed by atoms with Crippen LogP contribution in [0.4, 0.5) is 0 Å². The summed E-state index contributed by atoms with van der Waals surface area (Å²) in [4.78, 5) is 87.5. The van der Waals surface area contributed by atoms with Crippen LogP contribution in [0.5, 0.6) is 0 Å². The number of thioether (sulfide) groups is 1. The number of amides is 5. The number of rotatable bonds is 11. The largest absolute Gasteiger partial charge is 0.384 e. The third kappa shape index (κ3) is 8.60. The van der Waals surface area contributed by atoms with Crippen molar-refractivity contribution in [2.75, 3.05) is 32.1 Å². The van der Waals surface area contributed by atoms with E-state index in [4.69, 9.17) is 5.73 Å². The summed E-state index contributed by atoms with van der Waals surface area (Å²) in [5.74, 6) is -3.04. The van der Waals surface area contributed by atoms with Crippen LogP contribution in [0.1, 0.15) is 104 Å². The lowest BCUT2D eigenvalue weighted by molar-refractivity contribution is -0.143. The first-order valence-electron chi connectivity index (χ1n) is 17.7. The molecule has 2 aliphatic heterocycles. The predicted molar refractivity (Wildman–Crippen MR) is 193 cm³/mol. The SMILES string of the molecule is CN(C)C(=O)c1ccc(C(=O)/N=C(\CC2CCCCC2)C(=O)N2C[C@@H](n3nncc3C(C)(C)O)C[C@H]2C(=O)NC2(C(=O)C(N)=O)CCSCC2)cc1. The minimum Gasteiger partial charge on any atom is -0.384 e. The second-order valence-corrected chi connectivity index (χ2v) is 15.9. The first-order chi connectivity index (χ1) is 24.6. The second kappa shape index (κ2) is 16.1. The van der Waals surface area contributed by atoms with E-state index in [1.54, 1.807) is 39.7 Å². The number of primary amides is 1. The molecule has 0 bridgehead atoms. The summed E-state index contributed by atoms with van der Waals surface area (Å²) in [5, 5.41) is 21.9. The maximum absolute atomic E-state index is 14.7. The Morgan fingerprint density at radius 2 is 1.67 bits per heavy atom. The molecule has 2 atom stereocenters. The van der Waals surface area contributed by atoms with Gasteiger partial charge >= 0.3 is 0 Å². The van der Waals surface area contributed by atoms with E-state index in [1.165, 1.54) is 44.9 Å². The third-order valence-corrected chi connectivity index (χ3v) is 11.2. The Hall–Kier alpha value is -4.44. The highest BCUT2D eigenvalue weighted by Crippen LogP contribution is 2.34. The summed E-state index contributed by atoms with van der Waals surface area (Å²) in [6, 6.07) is 4.30. The van der Waals surface area contributed by atoms with Gasteiger partial charge in [-0.3, -0.25) is 28.8 Å². The van der Waals surface area contributed by atoms with Crippen LogP contribution in [-0.4, -0.2) is 115 Å². The summed E-state index contributed by atoms with van der Waals surface area (Å²) >= 11 is 1.59. The number of hydrogen-bond donors (Lipinski definition) is 3. The van der Waals surface area contributed by atoms with Crippen molar-refractivity contribution in [3.63, 3.8) is 0 Å². The number of nitrogens with two attached hydrogens (primary N) is 1. The minimum absolute atomic E-state index is 0.00193. The van der Waals surface area contributed by atoms with Crippen molar-refractivity contribution >= 4 is 52.8 Å². The number of carbonyl (C=O) groups is 6. The van der Waals surface area contributed by atoms with E-state index in [1.807, 2.05) is 0 Å². The molecule has 2 aromatic rings. The molecule has 5 rings (SSSR count). The van der Waals surface area contributed by atoms with Gasteiger partial charge in [0.1, 0.15) is 22.9 Å². The lowest BCUT2D eigenvalue weighted by Gasteiger charge is -2.37. The van der Waals surface area contributed by atoms with Crippen LogP contribution in [0.15, 0.2) is 35.5 Å². The molecule has 16 heteroatoms. The maximum atomic E-state index is 14.7. The van der Waals surface area contributed by atoms with Crippen molar-refractivity contribution < 1.29 is 33.9 Å². The molecule has 3 aliphatic rings. The van der Waals surface area contributed by atoms with Crippen LogP contribution >= 0.6 is 11.8 Å². The number of Topliss-reactive ketones (excluding diaryl/α,β-unsaturated/α-hetero) is 1. The highest BCUT2D eigenvalue weighted by Gasteiger charge is 2.49. The molecular weight excluding hydrogens is 689 g/mol. The van der Waals surface area contributed by atoms with Gasteiger partial charge in [-0.15, -0.1) is 5.10 Å². The number of aromatic nitrogens is 3. The quantitative estimate of drug-likeness (QED) is 0.226. The van der Waals surface area contributed by atoms with E-state index >= 15 is 0 Å². The van der Waals surface area contributed by atoms with Crippen LogP contribution in [0, 0.1) is 5.92 Å². The number of nitrogens with one attached hydrogen (secondary N) is 1. The average Bonchev–Trinajstić information content (AvgIpc) is 3.80. The molecule has 1 aromatic carbocycles. The molecule has 1 aromatic heterocycles. The summed E-state index contributed by atoms with van der Waals surface area (Å²) in [7, 11) is 3.26. The number of aliphatic hydroxyl groups is 1. The molecule has 3 heterocycles. The number of aliphatic imine (C=N–C) groups is 1. The van der Waals surface area contributed by atoms with Crippen LogP contribution in [0.3, 0.4) is 0 Å². The van der Waals surface area contributed by atoms with Gasteiger partial charge in [0.05, 0.1) is 17.9 Å². The van der Waals surface area contributed by atoms with Gasteiger partial charge < -0.3 is 26.0 Å². The van der Waals surface area contributed by atoms with Gasteiger partial charge in [-0.2, -0.15) is 11.8 Å². The van der Waals surface area contributed by atoms with Gasteiger partial charge in [0.2, 0.25) is 11.7 Å². The summed E-state index contributed by atoms with van der Waals surface area (Å²) in [6.45, 7) is 3.12. The molecule has 0 unspecified atom stereocenters. The fourth-order valence-electron chi connectivity index (χ4n) is 7.31. The minimum atomic E-state index is -1.51. The van der Waals surface area contributed by atoms with Gasteiger partial charge in [0.25, 0.3) is 23.6 Å². The van der Waals surface area contributed by atoms with Gasteiger partial charge in [0, 0.05) is 38.2 Å². The first kappa shape index (κ1) is 38.8. The number of ketones is 1. The Morgan fingerprint density at radius 1 is 1.04 bits per heavy atom. The van der Waals surface area contributed by atoms with E-state index in [-0.39, 0.29) is 55.3 Å². The highest BCUT2D eigenvalue weighted by atomic mass is 32.2. The molecule has 3 fully saturated rings. The Labute approximate surface area is 307 Å². The fourth-order valence-corrected chi connectivity index (χ4v) is 8.50. The topological polar surface area (TPSA) is 210 Å². The Balaban J connectivity index is 1.51. The highest BCUT2D eigenvalue weighted by molar-refractivity contribution is 7.99. The van der Waals surface area contributed by atoms with Gasteiger partial charge in [0.15, 0.2) is 0 Å². The Bertz CT molecular complexity index is 1720. The lowest BCUT2D eigenvalue weighted by Crippen LogP contribution is -2.63. The van der Waals surface area contributed by atoms with E-state index < -0.39 is 52.6 Å². The monoisotopic (exact) mass is 736 g/mol. The van der Waals surface area contributed by atoms with Crippen molar-refractivity contribution in [3.8, 4) is 0 Å². The molecule has 1 saturated carbocycles. The van der Waals surface area contributed by atoms with E-state index in [9.17, 15) is 33.9 Å². The molecule has 280 valence electrons. The van der Waals surface area contributed by atoms with Gasteiger partial charge in [-0.25, -0.2) is 9.67 Å². The molecule has 0 spiro atoms. The number of carbonyl (C=O) groups excluding carboxylic acids is 6. The zero-order valence-corrected chi connectivity index (χ0v) is 31.0. The van der Waals surface area contributed by atoms with E-state index in [0.717, 1.165) is 32.1 Å². The summed E-state index contributed by atoms with van der Waals surface area (Å²) < 4.78 is 1.49. The second-order valence-electron chi connectivity index (χ2n) is 14.7. The smallest absolute Gasteiger partial charge is 0.287 e. The number of likely N-dealkylation sites (tertiary alicyclic amines) is 1. The first-order valence-corrected chi connectivity index (χ1v) is 18.9. The number of benzene rings is 1. The lowest BCUT2D eigenvalue weighted by atomic mass is 9.85.